The number of carbonyl (C=O) groups is 1. The molecule has 0 amide bonds. The minimum absolute atomic E-state index is 0.368. The Balaban J connectivity index is 1.89. The zero-order valence-electron chi connectivity index (χ0n) is 12.7. The molecule has 0 aromatic carbocycles. The van der Waals surface area contributed by atoms with E-state index in [1.807, 2.05) is 0 Å². The minimum atomic E-state index is 0.368. The fraction of sp³-hybridized carbons (Fsp3) is 0.938. The Morgan fingerprint density at radius 2 is 1.84 bits per heavy atom. The topological polar surface area (TPSA) is 23.6 Å². The lowest BCUT2D eigenvalue weighted by molar-refractivity contribution is -0.125. The molecule has 2 aliphatic rings. The van der Waals surface area contributed by atoms with E-state index in [0.717, 1.165) is 32.4 Å². The zero-order chi connectivity index (χ0) is 13.7. The Labute approximate surface area is 118 Å². The van der Waals surface area contributed by atoms with Crippen molar-refractivity contribution in [2.75, 3.05) is 33.2 Å². The van der Waals surface area contributed by atoms with E-state index in [0.29, 0.717) is 24.3 Å². The van der Waals surface area contributed by atoms with Crippen LogP contribution in [0.25, 0.3) is 0 Å². The molecule has 2 fully saturated rings. The summed E-state index contributed by atoms with van der Waals surface area (Å²) < 4.78 is 0. The van der Waals surface area contributed by atoms with Gasteiger partial charge in [-0.15, -0.1) is 0 Å². The third-order valence-corrected chi connectivity index (χ3v) is 4.91. The van der Waals surface area contributed by atoms with Crippen LogP contribution in [0.5, 0.6) is 0 Å². The maximum Gasteiger partial charge on any atom is 0.149 e. The molecular formula is C16H30N2O. The molecule has 3 heteroatoms. The van der Waals surface area contributed by atoms with Gasteiger partial charge >= 0.3 is 0 Å². The van der Waals surface area contributed by atoms with Crippen molar-refractivity contribution in [1.82, 2.24) is 9.80 Å². The molecule has 110 valence electrons. The smallest absolute Gasteiger partial charge is 0.149 e. The van der Waals surface area contributed by atoms with E-state index in [1.165, 1.54) is 32.2 Å². The van der Waals surface area contributed by atoms with Crippen LogP contribution in [0.4, 0.5) is 0 Å². The van der Waals surface area contributed by atoms with Crippen molar-refractivity contribution < 1.29 is 4.79 Å². The Morgan fingerprint density at radius 1 is 1.11 bits per heavy atom. The highest BCUT2D eigenvalue weighted by molar-refractivity contribution is 5.83. The SMILES string of the molecule is CCC1CN(C)CCCN1CC(=O)C1CCCCC1. The third-order valence-electron chi connectivity index (χ3n) is 4.91. The van der Waals surface area contributed by atoms with Gasteiger partial charge in [-0.3, -0.25) is 9.69 Å². The van der Waals surface area contributed by atoms with Gasteiger partial charge in [0.25, 0.3) is 0 Å². The van der Waals surface area contributed by atoms with Crippen LogP contribution in [-0.2, 0) is 4.79 Å². The molecule has 0 bridgehead atoms. The molecule has 3 nitrogen and oxygen atoms in total. The zero-order valence-corrected chi connectivity index (χ0v) is 12.7. The molecule has 1 saturated carbocycles. The summed E-state index contributed by atoms with van der Waals surface area (Å²) in [4.78, 5) is 17.3. The molecule has 1 heterocycles. The van der Waals surface area contributed by atoms with Gasteiger partial charge in [-0.2, -0.15) is 0 Å². The van der Waals surface area contributed by atoms with Crippen molar-refractivity contribution in [2.45, 2.75) is 57.9 Å². The summed E-state index contributed by atoms with van der Waals surface area (Å²) in [6.45, 7) is 6.35. The second kappa shape index (κ2) is 7.39. The van der Waals surface area contributed by atoms with E-state index >= 15 is 0 Å². The summed E-state index contributed by atoms with van der Waals surface area (Å²) in [5.74, 6) is 0.884. The van der Waals surface area contributed by atoms with Crippen molar-refractivity contribution in [2.24, 2.45) is 5.92 Å². The fourth-order valence-corrected chi connectivity index (χ4v) is 3.64. The molecule has 19 heavy (non-hydrogen) atoms. The first-order valence-electron chi connectivity index (χ1n) is 8.16. The molecule has 0 radical (unpaired) electrons. The number of hydrogen-bond acceptors (Lipinski definition) is 3. The second-order valence-corrected chi connectivity index (χ2v) is 6.45. The van der Waals surface area contributed by atoms with Gasteiger partial charge < -0.3 is 4.90 Å². The van der Waals surface area contributed by atoms with E-state index in [1.54, 1.807) is 0 Å². The average Bonchev–Trinajstić information content (AvgIpc) is 2.61. The van der Waals surface area contributed by atoms with Gasteiger partial charge in [0, 0.05) is 25.0 Å². The fourth-order valence-electron chi connectivity index (χ4n) is 3.64. The molecule has 1 aliphatic heterocycles. The molecule has 1 saturated heterocycles. The van der Waals surface area contributed by atoms with Crippen molar-refractivity contribution in [3.8, 4) is 0 Å². The number of Topliss-reactive ketones (excluding diaryl/α,β-unsaturated/α-hetero) is 1. The summed E-state index contributed by atoms with van der Waals surface area (Å²) >= 11 is 0. The summed E-state index contributed by atoms with van der Waals surface area (Å²) in [6.07, 6.45) is 8.49. The maximum absolute atomic E-state index is 12.5. The third kappa shape index (κ3) is 4.28. The number of hydrogen-bond donors (Lipinski definition) is 0. The van der Waals surface area contributed by atoms with Gasteiger partial charge in [0.1, 0.15) is 5.78 Å². The molecule has 0 aromatic rings. The molecule has 1 aliphatic carbocycles. The van der Waals surface area contributed by atoms with Gasteiger partial charge in [0.2, 0.25) is 0 Å². The van der Waals surface area contributed by atoms with Crippen molar-refractivity contribution in [3.05, 3.63) is 0 Å². The van der Waals surface area contributed by atoms with Crippen LogP contribution in [0, 0.1) is 5.92 Å². The first-order chi connectivity index (χ1) is 9.20. The van der Waals surface area contributed by atoms with Crippen molar-refractivity contribution in [1.29, 1.82) is 0 Å². The largest absolute Gasteiger partial charge is 0.305 e. The molecule has 2 rings (SSSR count). The lowest BCUT2D eigenvalue weighted by atomic mass is 9.86. The summed E-state index contributed by atoms with van der Waals surface area (Å²) in [6, 6.07) is 0.569. The highest BCUT2D eigenvalue weighted by Crippen LogP contribution is 2.25. The Hall–Kier alpha value is -0.410. The van der Waals surface area contributed by atoms with Crippen LogP contribution in [0.1, 0.15) is 51.9 Å². The van der Waals surface area contributed by atoms with Crippen LogP contribution in [0.2, 0.25) is 0 Å². The predicted octanol–water partition coefficient (Wildman–Crippen LogP) is 2.55. The highest BCUT2D eigenvalue weighted by Gasteiger charge is 2.27. The molecule has 0 aromatic heterocycles. The summed E-state index contributed by atoms with van der Waals surface area (Å²) in [5.41, 5.74) is 0. The van der Waals surface area contributed by atoms with Crippen LogP contribution in [-0.4, -0.2) is 54.9 Å². The van der Waals surface area contributed by atoms with E-state index in [2.05, 4.69) is 23.8 Å². The van der Waals surface area contributed by atoms with E-state index in [-0.39, 0.29) is 0 Å². The number of carbonyl (C=O) groups excluding carboxylic acids is 1. The number of nitrogens with zero attached hydrogens (tertiary/aromatic N) is 2. The minimum Gasteiger partial charge on any atom is -0.305 e. The Kier molecular flexibility index (Phi) is 5.83. The molecule has 1 unspecified atom stereocenters. The summed E-state index contributed by atoms with van der Waals surface area (Å²) in [7, 11) is 2.20. The number of rotatable bonds is 4. The van der Waals surface area contributed by atoms with Crippen LogP contribution >= 0.6 is 0 Å². The molecule has 1 atom stereocenters. The summed E-state index contributed by atoms with van der Waals surface area (Å²) in [5, 5.41) is 0. The van der Waals surface area contributed by atoms with Gasteiger partial charge in [0.15, 0.2) is 0 Å². The first kappa shape index (κ1) is 15.0. The first-order valence-corrected chi connectivity index (χ1v) is 8.16. The van der Waals surface area contributed by atoms with E-state index in [4.69, 9.17) is 0 Å². The van der Waals surface area contributed by atoms with Gasteiger partial charge in [-0.25, -0.2) is 0 Å². The second-order valence-electron chi connectivity index (χ2n) is 6.45. The van der Waals surface area contributed by atoms with E-state index < -0.39 is 0 Å². The Morgan fingerprint density at radius 3 is 2.53 bits per heavy atom. The number of ketones is 1. The quantitative estimate of drug-likeness (QED) is 0.781. The molecule has 0 spiro atoms. The van der Waals surface area contributed by atoms with Gasteiger partial charge in [-0.05, 0) is 39.3 Å². The van der Waals surface area contributed by atoms with E-state index in [9.17, 15) is 4.79 Å². The van der Waals surface area contributed by atoms with Crippen LogP contribution in [0.3, 0.4) is 0 Å². The normalized spacial score (nSPS) is 28.2. The molecule has 0 N–H and O–H groups in total. The average molecular weight is 266 g/mol. The predicted molar refractivity (Wildman–Crippen MR) is 79.3 cm³/mol. The monoisotopic (exact) mass is 266 g/mol. The lowest BCUT2D eigenvalue weighted by Crippen LogP contribution is -2.43. The lowest BCUT2D eigenvalue weighted by Gasteiger charge is -2.31. The maximum atomic E-state index is 12.5. The molecular weight excluding hydrogens is 236 g/mol. The Bertz CT molecular complexity index is 286. The van der Waals surface area contributed by atoms with Gasteiger partial charge in [-0.1, -0.05) is 26.2 Å². The van der Waals surface area contributed by atoms with Gasteiger partial charge in [0.05, 0.1) is 6.54 Å². The van der Waals surface area contributed by atoms with Crippen molar-refractivity contribution >= 4 is 5.78 Å². The number of likely N-dealkylation sites (N-methyl/N-ethyl adjacent to an activating group) is 1. The standard InChI is InChI=1S/C16H30N2O/c1-3-15-12-17(2)10-7-11-18(15)13-16(19)14-8-5-4-6-9-14/h14-15H,3-13H2,1-2H3. The van der Waals surface area contributed by atoms with Crippen molar-refractivity contribution in [3.63, 3.8) is 0 Å². The highest BCUT2D eigenvalue weighted by atomic mass is 16.1. The van der Waals surface area contributed by atoms with Crippen LogP contribution in [0.15, 0.2) is 0 Å². The van der Waals surface area contributed by atoms with Crippen LogP contribution < -0.4 is 0 Å².